The predicted molar refractivity (Wildman–Crippen MR) is 122 cm³/mol. The van der Waals surface area contributed by atoms with Crippen LogP contribution in [0.25, 0.3) is 0 Å². The summed E-state index contributed by atoms with van der Waals surface area (Å²) in [5, 5.41) is 2.86. The van der Waals surface area contributed by atoms with Crippen LogP contribution in [0, 0.1) is 25.6 Å². The molecule has 2 amide bonds. The molecule has 1 atom stereocenters. The molecule has 0 aliphatic carbocycles. The Labute approximate surface area is 193 Å². The molecule has 33 heavy (non-hydrogen) atoms. The van der Waals surface area contributed by atoms with Crippen molar-refractivity contribution < 1.29 is 23.5 Å². The Balaban J connectivity index is 1.53. The molecule has 0 bridgehead atoms. The smallest absolute Gasteiger partial charge is 0.355 e. The second kappa shape index (κ2) is 11.1. The van der Waals surface area contributed by atoms with E-state index in [1.807, 2.05) is 13.8 Å². The summed E-state index contributed by atoms with van der Waals surface area (Å²) in [6.45, 7) is 7.08. The van der Waals surface area contributed by atoms with Gasteiger partial charge < -0.3 is 19.9 Å². The minimum Gasteiger partial charge on any atom is -0.461 e. The number of aromatic nitrogens is 1. The van der Waals surface area contributed by atoms with Crippen molar-refractivity contribution in [1.82, 2.24) is 15.2 Å². The second-order valence-corrected chi connectivity index (χ2v) is 8.48. The summed E-state index contributed by atoms with van der Waals surface area (Å²) in [7, 11) is 0. The average Bonchev–Trinajstić information content (AvgIpc) is 3.09. The van der Waals surface area contributed by atoms with Crippen molar-refractivity contribution in [2.45, 2.75) is 53.0 Å². The molecule has 1 aromatic heterocycles. The molecular weight excluding hydrogens is 425 g/mol. The summed E-state index contributed by atoms with van der Waals surface area (Å²) in [4.78, 5) is 42.4. The summed E-state index contributed by atoms with van der Waals surface area (Å²) >= 11 is 0. The summed E-state index contributed by atoms with van der Waals surface area (Å²) < 4.78 is 18.4. The lowest BCUT2D eigenvalue weighted by Crippen LogP contribution is -2.45. The van der Waals surface area contributed by atoms with E-state index < -0.39 is 0 Å². The van der Waals surface area contributed by atoms with E-state index >= 15 is 0 Å². The zero-order valence-electron chi connectivity index (χ0n) is 19.5. The number of carbonyl (C=O) groups excluding carboxylic acids is 3. The molecule has 1 aromatic carbocycles. The first-order valence-corrected chi connectivity index (χ1v) is 11.4. The molecule has 178 valence electrons. The SMILES string of the molecule is CCOC(=O)c1[nH]c(C)c(CCC(=O)N2CCC[C@H](C(=O)NCc3cccc(F)c3)C2)c1C. The number of rotatable bonds is 8. The molecule has 0 spiro atoms. The van der Waals surface area contributed by atoms with Gasteiger partial charge in [-0.15, -0.1) is 0 Å². The van der Waals surface area contributed by atoms with Gasteiger partial charge in [0.1, 0.15) is 11.5 Å². The van der Waals surface area contributed by atoms with Gasteiger partial charge in [0.2, 0.25) is 11.8 Å². The number of nitrogens with one attached hydrogen (secondary N) is 2. The third-order valence-corrected chi connectivity index (χ3v) is 6.16. The number of aromatic amines is 1. The third kappa shape index (κ3) is 6.21. The van der Waals surface area contributed by atoms with Crippen LogP contribution in [0.5, 0.6) is 0 Å². The number of aryl methyl sites for hydroxylation is 1. The highest BCUT2D eigenvalue weighted by Gasteiger charge is 2.28. The molecule has 3 rings (SSSR count). The number of piperidine rings is 1. The van der Waals surface area contributed by atoms with Crippen molar-refractivity contribution in [3.05, 3.63) is 58.2 Å². The van der Waals surface area contributed by atoms with Gasteiger partial charge in [-0.2, -0.15) is 0 Å². The molecule has 1 aliphatic rings. The lowest BCUT2D eigenvalue weighted by atomic mass is 9.96. The monoisotopic (exact) mass is 457 g/mol. The van der Waals surface area contributed by atoms with Crippen molar-refractivity contribution in [2.24, 2.45) is 5.92 Å². The number of hydrogen-bond donors (Lipinski definition) is 2. The summed E-state index contributed by atoms with van der Waals surface area (Å²) in [6.07, 6.45) is 2.30. The molecule has 1 aliphatic heterocycles. The van der Waals surface area contributed by atoms with Crippen molar-refractivity contribution in [3.63, 3.8) is 0 Å². The average molecular weight is 458 g/mol. The lowest BCUT2D eigenvalue weighted by Gasteiger charge is -2.32. The summed E-state index contributed by atoms with van der Waals surface area (Å²) in [6, 6.07) is 6.14. The quantitative estimate of drug-likeness (QED) is 0.594. The fraction of sp³-hybridized carbons (Fsp3) is 0.480. The molecule has 0 radical (unpaired) electrons. The van der Waals surface area contributed by atoms with Gasteiger partial charge in [-0.05, 0) is 68.9 Å². The maximum atomic E-state index is 13.3. The third-order valence-electron chi connectivity index (χ3n) is 6.16. The lowest BCUT2D eigenvalue weighted by molar-refractivity contribution is -0.135. The molecule has 8 heteroatoms. The molecule has 1 fully saturated rings. The van der Waals surface area contributed by atoms with Gasteiger partial charge in [-0.3, -0.25) is 9.59 Å². The van der Waals surface area contributed by atoms with Crippen LogP contribution in [0.2, 0.25) is 0 Å². The highest BCUT2D eigenvalue weighted by Crippen LogP contribution is 2.22. The number of nitrogens with zero attached hydrogens (tertiary/aromatic N) is 1. The molecule has 0 saturated carbocycles. The number of benzene rings is 1. The first kappa shape index (κ1) is 24.5. The molecule has 2 N–H and O–H groups in total. The van der Waals surface area contributed by atoms with Crippen LogP contribution in [0.3, 0.4) is 0 Å². The van der Waals surface area contributed by atoms with Crippen LogP contribution in [0.15, 0.2) is 24.3 Å². The van der Waals surface area contributed by atoms with Crippen LogP contribution in [-0.2, 0) is 27.3 Å². The minimum absolute atomic E-state index is 0.00434. The maximum Gasteiger partial charge on any atom is 0.355 e. The Morgan fingerprint density at radius 1 is 1.27 bits per heavy atom. The van der Waals surface area contributed by atoms with Gasteiger partial charge in [-0.25, -0.2) is 9.18 Å². The molecule has 2 aromatic rings. The Morgan fingerprint density at radius 2 is 2.06 bits per heavy atom. The van der Waals surface area contributed by atoms with Crippen molar-refractivity contribution in [3.8, 4) is 0 Å². The van der Waals surface area contributed by atoms with Gasteiger partial charge in [0.25, 0.3) is 0 Å². The second-order valence-electron chi connectivity index (χ2n) is 8.48. The number of carbonyl (C=O) groups is 3. The van der Waals surface area contributed by atoms with Crippen LogP contribution in [-0.4, -0.2) is 47.4 Å². The van der Waals surface area contributed by atoms with Gasteiger partial charge in [0.15, 0.2) is 0 Å². The van der Waals surface area contributed by atoms with E-state index in [9.17, 15) is 18.8 Å². The number of H-pyrrole nitrogens is 1. The van der Waals surface area contributed by atoms with E-state index in [0.29, 0.717) is 43.8 Å². The van der Waals surface area contributed by atoms with Crippen molar-refractivity contribution in [2.75, 3.05) is 19.7 Å². The zero-order chi connectivity index (χ0) is 24.0. The number of hydrogen-bond acceptors (Lipinski definition) is 4. The largest absolute Gasteiger partial charge is 0.461 e. The fourth-order valence-electron chi connectivity index (χ4n) is 4.36. The topological polar surface area (TPSA) is 91.5 Å². The van der Waals surface area contributed by atoms with Gasteiger partial charge in [0.05, 0.1) is 12.5 Å². The van der Waals surface area contributed by atoms with E-state index in [2.05, 4.69) is 10.3 Å². The highest BCUT2D eigenvalue weighted by atomic mass is 19.1. The van der Waals surface area contributed by atoms with Crippen molar-refractivity contribution in [1.29, 1.82) is 0 Å². The first-order chi connectivity index (χ1) is 15.8. The first-order valence-electron chi connectivity index (χ1n) is 11.4. The highest BCUT2D eigenvalue weighted by molar-refractivity contribution is 5.90. The van der Waals surface area contributed by atoms with Crippen molar-refractivity contribution >= 4 is 17.8 Å². The molecule has 0 unspecified atom stereocenters. The number of halogens is 1. The molecular formula is C25H32FN3O4. The van der Waals surface area contributed by atoms with E-state index in [4.69, 9.17) is 4.74 Å². The Kier molecular flexibility index (Phi) is 8.25. The summed E-state index contributed by atoms with van der Waals surface area (Å²) in [5.41, 5.74) is 3.76. The Bertz CT molecular complexity index is 1020. The van der Waals surface area contributed by atoms with E-state index in [0.717, 1.165) is 29.7 Å². The van der Waals surface area contributed by atoms with E-state index in [1.54, 1.807) is 24.0 Å². The van der Waals surface area contributed by atoms with Crippen LogP contribution < -0.4 is 5.32 Å². The van der Waals surface area contributed by atoms with Crippen LogP contribution in [0.1, 0.15) is 59.1 Å². The zero-order valence-corrected chi connectivity index (χ0v) is 19.5. The fourth-order valence-corrected chi connectivity index (χ4v) is 4.36. The van der Waals surface area contributed by atoms with E-state index in [1.165, 1.54) is 12.1 Å². The van der Waals surface area contributed by atoms with E-state index in [-0.39, 0.29) is 36.1 Å². The Hall–Kier alpha value is -3.16. The van der Waals surface area contributed by atoms with Gasteiger partial charge >= 0.3 is 5.97 Å². The number of ether oxygens (including phenoxy) is 1. The normalized spacial score (nSPS) is 15.9. The molecule has 7 nitrogen and oxygen atoms in total. The van der Waals surface area contributed by atoms with Gasteiger partial charge in [-0.1, -0.05) is 12.1 Å². The maximum absolute atomic E-state index is 13.3. The van der Waals surface area contributed by atoms with Crippen LogP contribution in [0.4, 0.5) is 4.39 Å². The standard InChI is InChI=1S/C25H32FN3O4/c1-4-33-25(32)23-16(2)21(17(3)28-23)10-11-22(30)29-12-6-8-19(15-29)24(31)27-14-18-7-5-9-20(26)13-18/h5,7,9,13,19,28H,4,6,8,10-12,14-15H2,1-3H3,(H,27,31)/t19-/m0/s1. The molecule has 2 heterocycles. The minimum atomic E-state index is -0.390. The van der Waals surface area contributed by atoms with Gasteiger partial charge in [0, 0.05) is 31.7 Å². The molecule has 1 saturated heterocycles. The Morgan fingerprint density at radius 3 is 2.79 bits per heavy atom. The number of esters is 1. The predicted octanol–water partition coefficient (Wildman–Crippen LogP) is 3.43. The van der Waals surface area contributed by atoms with Crippen LogP contribution >= 0.6 is 0 Å². The number of likely N-dealkylation sites (tertiary alicyclic amines) is 1. The number of amides is 2. The summed E-state index contributed by atoms with van der Waals surface area (Å²) in [5.74, 6) is -1.12.